The van der Waals surface area contributed by atoms with Crippen molar-refractivity contribution in [3.8, 4) is 0 Å². The molecule has 5 aliphatic heterocycles. The van der Waals surface area contributed by atoms with Crippen molar-refractivity contribution < 1.29 is 57.0 Å². The van der Waals surface area contributed by atoms with E-state index < -0.39 is 12.6 Å². The van der Waals surface area contributed by atoms with Gasteiger partial charge < -0.3 is 52.7 Å². The molecule has 5 saturated heterocycles. The summed E-state index contributed by atoms with van der Waals surface area (Å²) in [5, 5.41) is 3.05. The third kappa shape index (κ3) is 15.3. The number of hydrogen-bond donors (Lipinski definition) is 1. The minimum absolute atomic E-state index is 0.00350. The van der Waals surface area contributed by atoms with Crippen LogP contribution in [0.4, 0.5) is 0 Å². The average molecular weight is 998 g/mol. The number of thioether (sulfide) groups is 1. The highest BCUT2D eigenvalue weighted by Crippen LogP contribution is 2.43. The van der Waals surface area contributed by atoms with Crippen molar-refractivity contribution in [3.63, 3.8) is 0 Å². The van der Waals surface area contributed by atoms with Gasteiger partial charge in [0, 0.05) is 55.2 Å². The van der Waals surface area contributed by atoms with E-state index in [4.69, 9.17) is 47.4 Å². The van der Waals surface area contributed by atoms with Crippen LogP contribution in [-0.4, -0.2) is 118 Å². The zero-order valence-electron chi connectivity index (χ0n) is 46.0. The number of ether oxygens (including phenoxy) is 10. The number of amides is 1. The van der Waals surface area contributed by atoms with E-state index >= 15 is 0 Å². The highest BCUT2D eigenvalue weighted by Gasteiger charge is 2.47. The van der Waals surface area contributed by atoms with E-state index in [1.54, 1.807) is 6.92 Å². The van der Waals surface area contributed by atoms with Crippen molar-refractivity contribution in [2.75, 3.05) is 45.3 Å². The fraction of sp³-hybridized carbons (Fsp3) is 0.964. The molecule has 0 aliphatic carbocycles. The molecule has 0 aromatic heterocycles. The number of carbonyl (C=O) groups is 2. The van der Waals surface area contributed by atoms with Crippen LogP contribution < -0.4 is 5.32 Å². The highest BCUT2D eigenvalue weighted by atomic mass is 32.2. The Morgan fingerprint density at radius 3 is 1.04 bits per heavy atom. The van der Waals surface area contributed by atoms with E-state index in [0.29, 0.717) is 112 Å². The van der Waals surface area contributed by atoms with E-state index in [1.807, 2.05) is 0 Å². The van der Waals surface area contributed by atoms with E-state index in [-0.39, 0.29) is 102 Å². The van der Waals surface area contributed by atoms with Crippen LogP contribution in [0.25, 0.3) is 0 Å². The van der Waals surface area contributed by atoms with Crippen LogP contribution in [0.15, 0.2) is 0 Å². The van der Waals surface area contributed by atoms with Gasteiger partial charge in [0.25, 0.3) is 0 Å². The molecule has 5 rings (SSSR count). The molecule has 5 aliphatic rings. The number of carbonyl (C=O) groups excluding carboxylic acids is 2. The minimum Gasteiger partial charge on any atom is -0.356 e. The van der Waals surface area contributed by atoms with E-state index in [0.717, 1.165) is 6.42 Å². The van der Waals surface area contributed by atoms with Gasteiger partial charge in [0.1, 0.15) is 0 Å². The molecule has 0 aromatic carbocycles. The average Bonchev–Trinajstić information content (AvgIpc) is 3.32. The Kier molecular flexibility index (Phi) is 23.6. The van der Waals surface area contributed by atoms with Crippen LogP contribution in [0, 0.1) is 88.8 Å². The smallest absolute Gasteiger partial charge is 0.220 e. The van der Waals surface area contributed by atoms with Gasteiger partial charge in [-0.25, -0.2) is 0 Å². The Bertz CT molecular complexity index is 1540. The van der Waals surface area contributed by atoms with Crippen LogP contribution in [0.3, 0.4) is 0 Å². The van der Waals surface area contributed by atoms with Gasteiger partial charge in [-0.2, -0.15) is 0 Å². The fourth-order valence-corrected chi connectivity index (χ4v) is 12.0. The zero-order chi connectivity index (χ0) is 50.9. The molecule has 1 N–H and O–H groups in total. The highest BCUT2D eigenvalue weighted by molar-refractivity contribution is 8.13. The van der Waals surface area contributed by atoms with Crippen molar-refractivity contribution in [3.05, 3.63) is 0 Å². The van der Waals surface area contributed by atoms with Crippen LogP contribution in [0.5, 0.6) is 0 Å². The summed E-state index contributed by atoms with van der Waals surface area (Å²) >= 11 is 1.26. The van der Waals surface area contributed by atoms with E-state index in [1.165, 1.54) is 11.8 Å². The third-order valence-corrected chi connectivity index (χ3v) is 19.7. The summed E-state index contributed by atoms with van der Waals surface area (Å²) in [6, 6.07) is 0. The molecule has 0 aromatic rings. The van der Waals surface area contributed by atoms with Gasteiger partial charge in [-0.15, -0.1) is 0 Å². The second-order valence-corrected chi connectivity index (χ2v) is 24.1. The van der Waals surface area contributed by atoms with Gasteiger partial charge in [-0.05, 0) is 78.4 Å². The summed E-state index contributed by atoms with van der Waals surface area (Å²) in [4.78, 5) is 23.3. The quantitative estimate of drug-likeness (QED) is 0.103. The Hall–Kier alpha value is -0.910. The molecule has 5 fully saturated rings. The molecule has 1 amide bonds. The first kappa shape index (κ1) is 59.0. The van der Waals surface area contributed by atoms with Crippen molar-refractivity contribution in [2.24, 2.45) is 88.8 Å². The van der Waals surface area contributed by atoms with Gasteiger partial charge in [-0.1, -0.05) is 123 Å². The Morgan fingerprint density at radius 2 is 0.725 bits per heavy atom. The molecule has 5 heterocycles. The molecular weight excluding hydrogens is 899 g/mol. The number of hydrogen-bond acceptors (Lipinski definition) is 13. The lowest BCUT2D eigenvalue weighted by molar-refractivity contribution is -0.315. The lowest BCUT2D eigenvalue weighted by Crippen LogP contribution is -2.53. The lowest BCUT2D eigenvalue weighted by Gasteiger charge is -2.47. The molecule has 0 radical (unpaired) electrons. The van der Waals surface area contributed by atoms with Gasteiger partial charge in [0.15, 0.2) is 36.6 Å². The first-order chi connectivity index (χ1) is 32.7. The number of nitrogens with one attached hydrogen (secondary N) is 1. The summed E-state index contributed by atoms with van der Waals surface area (Å²) in [6.07, 6.45) is 0.671. The van der Waals surface area contributed by atoms with Crippen molar-refractivity contribution in [1.29, 1.82) is 0 Å². The molecule has 402 valence electrons. The third-order valence-electron chi connectivity index (χ3n) is 18.8. The summed E-state index contributed by atoms with van der Waals surface area (Å²) < 4.78 is 66.4. The maximum Gasteiger partial charge on any atom is 0.220 e. The second kappa shape index (κ2) is 27.6. The first-order valence-electron chi connectivity index (χ1n) is 27.4. The zero-order valence-corrected chi connectivity index (χ0v) is 46.8. The molecular formula is C55H99NO12S. The topological polar surface area (TPSA) is 138 Å². The normalized spacial score (nSPS) is 45.3. The minimum atomic E-state index is -0.403. The van der Waals surface area contributed by atoms with Gasteiger partial charge in [0.2, 0.25) is 5.91 Å². The SMILES string of the molecule is CCC1O[C@@H](OCC2O[C@@H](OCC3O[C@@H](OCC4O[C@@H](OCC5O[C@@H](OCCCNC(=O)CCCSC(C)=O)C(C)[C@@H](C)[C@@H]5C)C(C)[C@@H](C)[C@@H]4C)C(C)[C@@H](C)[C@@H]3C)C(C)[C@@H](C)[C@@H]2C)C(C)[C@@H](C)[C@@H]1C. The number of rotatable bonds is 22. The molecule has 0 bridgehead atoms. The van der Waals surface area contributed by atoms with Gasteiger partial charge >= 0.3 is 0 Å². The van der Waals surface area contributed by atoms with Crippen molar-refractivity contribution in [1.82, 2.24) is 5.32 Å². The molecule has 0 spiro atoms. The second-order valence-electron chi connectivity index (χ2n) is 22.9. The van der Waals surface area contributed by atoms with E-state index in [9.17, 15) is 9.59 Å². The summed E-state index contributed by atoms with van der Waals surface area (Å²) in [5.74, 6) is 5.36. The summed E-state index contributed by atoms with van der Waals surface area (Å²) in [6.45, 7) is 40.4. The summed E-state index contributed by atoms with van der Waals surface area (Å²) in [5.41, 5.74) is 0. The Labute approximate surface area is 423 Å². The molecule has 25 atom stereocenters. The Morgan fingerprint density at radius 1 is 0.420 bits per heavy atom. The molecule has 0 saturated carbocycles. The van der Waals surface area contributed by atoms with Crippen molar-refractivity contribution in [2.45, 2.75) is 205 Å². The van der Waals surface area contributed by atoms with Crippen LogP contribution in [0.2, 0.25) is 0 Å². The molecule has 10 unspecified atom stereocenters. The fourth-order valence-electron chi connectivity index (χ4n) is 11.4. The molecule has 13 nitrogen and oxygen atoms in total. The largest absolute Gasteiger partial charge is 0.356 e. The van der Waals surface area contributed by atoms with Crippen molar-refractivity contribution >= 4 is 22.8 Å². The van der Waals surface area contributed by atoms with Gasteiger partial charge in [0.05, 0.1) is 63.6 Å². The van der Waals surface area contributed by atoms with Gasteiger partial charge in [-0.3, -0.25) is 9.59 Å². The Balaban J connectivity index is 1.10. The van der Waals surface area contributed by atoms with Crippen LogP contribution in [-0.2, 0) is 57.0 Å². The maximum atomic E-state index is 12.2. The standard InChI is InChI=1S/C55H99NO12S/c1-18-45-34(7)29(2)40(13)52(64-45)60-26-47-36(9)31(4)42(15)54(66-47)62-28-49-38(11)33(6)43(16)55(68-49)63-27-48-37(10)32(5)41(14)53(67-48)61-25-46-35(8)30(3)39(12)51(65-46)59-23-20-22-56-50(58)21-19-24-69-44(17)57/h29-43,45-49,51-55H,18-28H2,1-17H3,(H,56,58)/t29-,30-,31-,32-,33-,34-,35-,36-,37-,38-,39?,40?,41?,42?,43?,45?,46?,47?,48?,49?,51+,52+,53+,54+,55+/m0/s1. The first-order valence-corrected chi connectivity index (χ1v) is 28.4. The van der Waals surface area contributed by atoms with Crippen LogP contribution in [0.1, 0.15) is 143 Å². The monoisotopic (exact) mass is 998 g/mol. The lowest BCUT2D eigenvalue weighted by atomic mass is 9.78. The molecule has 14 heteroatoms. The molecule has 69 heavy (non-hydrogen) atoms. The predicted octanol–water partition coefficient (Wildman–Crippen LogP) is 10.2. The van der Waals surface area contributed by atoms with E-state index in [2.05, 4.69) is 116 Å². The maximum absolute atomic E-state index is 12.2. The van der Waals surface area contributed by atoms with Crippen LogP contribution >= 0.6 is 11.8 Å². The summed E-state index contributed by atoms with van der Waals surface area (Å²) in [7, 11) is 0. The predicted molar refractivity (Wildman–Crippen MR) is 271 cm³/mol.